The Labute approximate surface area is 271 Å². The molecule has 0 saturated carbocycles. The molecule has 0 bridgehead atoms. The van der Waals surface area contributed by atoms with Crippen molar-refractivity contribution in [3.63, 3.8) is 0 Å². The quantitative estimate of drug-likeness (QED) is 0.152. The number of hydrazine groups is 1. The molecular weight excluding hydrogens is 647 g/mol. The summed E-state index contributed by atoms with van der Waals surface area (Å²) in [6.45, 7) is 5.89. The predicted octanol–water partition coefficient (Wildman–Crippen LogP) is 7.07. The predicted molar refractivity (Wildman–Crippen MR) is 174 cm³/mol. The van der Waals surface area contributed by atoms with Crippen molar-refractivity contribution < 1.29 is 22.7 Å². The van der Waals surface area contributed by atoms with E-state index in [2.05, 4.69) is 30.7 Å². The Morgan fingerprint density at radius 3 is 2.51 bits per heavy atom. The smallest absolute Gasteiger partial charge is 0.406 e. The van der Waals surface area contributed by atoms with Gasteiger partial charge in [0.25, 0.3) is 0 Å². The number of ether oxygens (including phenoxy) is 1. The zero-order valence-corrected chi connectivity index (χ0v) is 26.6. The van der Waals surface area contributed by atoms with E-state index in [1.165, 1.54) is 51.9 Å². The molecule has 3 aromatic carbocycles. The van der Waals surface area contributed by atoms with Crippen LogP contribution in [0.15, 0.2) is 72.0 Å². The van der Waals surface area contributed by atoms with E-state index in [0.29, 0.717) is 27.4 Å². The molecule has 0 radical (unpaired) electrons. The first kappa shape index (κ1) is 32.4. The highest BCUT2D eigenvalue weighted by molar-refractivity contribution is 8.15. The van der Waals surface area contributed by atoms with E-state index >= 15 is 0 Å². The van der Waals surface area contributed by atoms with Crippen molar-refractivity contribution in [3.05, 3.63) is 88.7 Å². The molecule has 1 saturated heterocycles. The SMILES string of the molecule is CCC(NNC(=S)/N=C1\SCC(=O)N1c1c(Cl)ccc(C)c1C)c1ccc(-c2ncn(-c3ccc(OC(F)(F)F)cc3)n2)cc1. The Bertz CT molecular complexity index is 1750. The number of hydrogen-bond acceptors (Lipinski definition) is 7. The fourth-order valence-electron chi connectivity index (χ4n) is 4.58. The summed E-state index contributed by atoms with van der Waals surface area (Å²) in [6, 6.07) is 16.5. The maximum Gasteiger partial charge on any atom is 0.573 e. The molecule has 5 rings (SSSR count). The number of anilines is 1. The number of rotatable bonds is 8. The van der Waals surface area contributed by atoms with Crippen LogP contribution in [0.4, 0.5) is 18.9 Å². The summed E-state index contributed by atoms with van der Waals surface area (Å²) in [5.41, 5.74) is 11.0. The molecule has 1 atom stereocenters. The molecule has 0 spiro atoms. The number of amides is 1. The molecule has 1 fully saturated rings. The summed E-state index contributed by atoms with van der Waals surface area (Å²) in [5, 5.41) is 5.53. The molecule has 1 aliphatic rings. The summed E-state index contributed by atoms with van der Waals surface area (Å²) in [6.07, 6.45) is -2.55. The van der Waals surface area contributed by atoms with E-state index in [4.69, 9.17) is 23.8 Å². The number of benzene rings is 3. The number of nitrogens with one attached hydrogen (secondary N) is 2. The van der Waals surface area contributed by atoms with Crippen LogP contribution in [-0.2, 0) is 4.79 Å². The van der Waals surface area contributed by atoms with Crippen LogP contribution in [0.25, 0.3) is 17.1 Å². The molecule has 45 heavy (non-hydrogen) atoms. The Kier molecular flexibility index (Phi) is 9.77. The molecule has 9 nitrogen and oxygen atoms in total. The molecular formula is C30H27ClF3N7O2S2. The molecule has 1 aliphatic heterocycles. The van der Waals surface area contributed by atoms with E-state index in [0.717, 1.165) is 28.7 Å². The fraction of sp³-hybridized carbons (Fsp3) is 0.233. The van der Waals surface area contributed by atoms with Gasteiger partial charge in [-0.3, -0.25) is 15.1 Å². The van der Waals surface area contributed by atoms with Gasteiger partial charge in [0.15, 0.2) is 11.0 Å². The number of aromatic nitrogens is 3. The van der Waals surface area contributed by atoms with E-state index in [9.17, 15) is 18.0 Å². The lowest BCUT2D eigenvalue weighted by atomic mass is 10.0. The molecule has 4 aromatic rings. The third-order valence-electron chi connectivity index (χ3n) is 7.00. The summed E-state index contributed by atoms with van der Waals surface area (Å²) < 4.78 is 42.7. The number of halogens is 4. The number of thiocarbonyl (C=S) groups is 1. The van der Waals surface area contributed by atoms with E-state index < -0.39 is 6.36 Å². The monoisotopic (exact) mass is 673 g/mol. The first-order chi connectivity index (χ1) is 21.4. The minimum absolute atomic E-state index is 0.121. The van der Waals surface area contributed by atoms with Crippen LogP contribution in [0, 0.1) is 13.8 Å². The fourth-order valence-corrected chi connectivity index (χ4v) is 5.93. The van der Waals surface area contributed by atoms with Crippen molar-refractivity contribution in [3.8, 4) is 22.8 Å². The van der Waals surface area contributed by atoms with Gasteiger partial charge < -0.3 is 4.74 Å². The van der Waals surface area contributed by atoms with E-state index in [1.54, 1.807) is 6.07 Å². The van der Waals surface area contributed by atoms with Gasteiger partial charge in [-0.1, -0.05) is 60.6 Å². The van der Waals surface area contributed by atoms with Crippen molar-refractivity contribution in [1.29, 1.82) is 0 Å². The molecule has 0 aliphatic carbocycles. The van der Waals surface area contributed by atoms with Crippen molar-refractivity contribution in [1.82, 2.24) is 25.6 Å². The van der Waals surface area contributed by atoms with Gasteiger partial charge in [0.2, 0.25) is 11.0 Å². The first-order valence-corrected chi connectivity index (χ1v) is 15.4. The lowest BCUT2D eigenvalue weighted by molar-refractivity contribution is -0.274. The maximum absolute atomic E-state index is 12.8. The van der Waals surface area contributed by atoms with Gasteiger partial charge in [0.1, 0.15) is 12.1 Å². The van der Waals surface area contributed by atoms with Crippen LogP contribution in [0.2, 0.25) is 5.02 Å². The van der Waals surface area contributed by atoms with Gasteiger partial charge in [-0.25, -0.2) is 15.1 Å². The molecule has 1 unspecified atom stereocenters. The van der Waals surface area contributed by atoms with Crippen LogP contribution in [-0.4, -0.2) is 43.1 Å². The summed E-state index contributed by atoms with van der Waals surface area (Å²) in [5.74, 6) is 0.245. The molecule has 1 aromatic heterocycles. The molecule has 2 N–H and O–H groups in total. The number of alkyl halides is 3. The number of aliphatic imine (C=N–C) groups is 1. The van der Waals surface area contributed by atoms with Crippen LogP contribution >= 0.6 is 35.6 Å². The van der Waals surface area contributed by atoms with Crippen molar-refractivity contribution >= 4 is 57.5 Å². The highest BCUT2D eigenvalue weighted by atomic mass is 35.5. The second-order valence-corrected chi connectivity index (χ2v) is 11.7. The second kappa shape index (κ2) is 13.6. The minimum atomic E-state index is -4.76. The third kappa shape index (κ3) is 7.64. The van der Waals surface area contributed by atoms with Gasteiger partial charge in [-0.15, -0.1) is 18.3 Å². The number of carbonyl (C=O) groups is 1. The second-order valence-electron chi connectivity index (χ2n) is 9.96. The van der Waals surface area contributed by atoms with Crippen LogP contribution < -0.4 is 20.5 Å². The highest BCUT2D eigenvalue weighted by Crippen LogP contribution is 2.36. The molecule has 2 heterocycles. The lowest BCUT2D eigenvalue weighted by Crippen LogP contribution is -2.39. The minimum Gasteiger partial charge on any atom is -0.406 e. The topological polar surface area (TPSA) is 96.7 Å². The number of carbonyl (C=O) groups excluding carboxylic acids is 1. The lowest BCUT2D eigenvalue weighted by Gasteiger charge is -2.22. The van der Waals surface area contributed by atoms with Crippen molar-refractivity contribution in [2.45, 2.75) is 39.6 Å². The van der Waals surface area contributed by atoms with E-state index in [1.807, 2.05) is 51.1 Å². The van der Waals surface area contributed by atoms with Gasteiger partial charge in [0, 0.05) is 5.56 Å². The van der Waals surface area contributed by atoms with Gasteiger partial charge >= 0.3 is 6.36 Å². The number of aryl methyl sites for hydroxylation is 1. The van der Waals surface area contributed by atoms with Crippen LogP contribution in [0.5, 0.6) is 5.75 Å². The largest absolute Gasteiger partial charge is 0.573 e. The number of nitrogens with zero attached hydrogens (tertiary/aromatic N) is 5. The maximum atomic E-state index is 12.8. The molecule has 15 heteroatoms. The normalized spacial score (nSPS) is 15.0. The number of amidine groups is 1. The summed E-state index contributed by atoms with van der Waals surface area (Å²) >= 11 is 13.2. The Balaban J connectivity index is 1.23. The zero-order chi connectivity index (χ0) is 32.3. The molecule has 1 amide bonds. The summed E-state index contributed by atoms with van der Waals surface area (Å²) in [4.78, 5) is 23.1. The summed E-state index contributed by atoms with van der Waals surface area (Å²) in [7, 11) is 0. The first-order valence-electron chi connectivity index (χ1n) is 13.7. The Morgan fingerprint density at radius 1 is 1.13 bits per heavy atom. The zero-order valence-electron chi connectivity index (χ0n) is 24.2. The van der Waals surface area contributed by atoms with Gasteiger partial charge in [-0.2, -0.15) is 4.99 Å². The number of thioether (sulfide) groups is 1. The van der Waals surface area contributed by atoms with Crippen LogP contribution in [0.3, 0.4) is 0 Å². The third-order valence-corrected chi connectivity index (χ3v) is 8.42. The Hall–Kier alpha value is -3.98. The number of hydrogen-bond donors (Lipinski definition) is 2. The van der Waals surface area contributed by atoms with Crippen LogP contribution in [0.1, 0.15) is 36.1 Å². The van der Waals surface area contributed by atoms with Crippen molar-refractivity contribution in [2.24, 2.45) is 4.99 Å². The highest BCUT2D eigenvalue weighted by Gasteiger charge is 2.33. The average Bonchev–Trinajstić information content (AvgIpc) is 3.63. The molecule has 234 valence electrons. The van der Waals surface area contributed by atoms with Crippen molar-refractivity contribution in [2.75, 3.05) is 10.7 Å². The average molecular weight is 674 g/mol. The standard InChI is InChI=1S/C30H27ClF3N7O2S2/c1-4-24(37-38-28(44)36-29-41(25(42)15-45-29)26-18(3)17(2)5-14-23(26)31)19-6-8-20(9-7-19)27-35-16-40(39-27)21-10-12-22(13-11-21)43-30(32,33)34/h5-14,16,24,37H,4,15H2,1-3H3,(H,38,44)/b36-29-. The Morgan fingerprint density at radius 2 is 1.84 bits per heavy atom. The van der Waals surface area contributed by atoms with Gasteiger partial charge in [0.05, 0.1) is 28.2 Å². The van der Waals surface area contributed by atoms with Gasteiger partial charge in [-0.05, 0) is 79.5 Å². The van der Waals surface area contributed by atoms with E-state index in [-0.39, 0.29) is 28.6 Å².